The van der Waals surface area contributed by atoms with Gasteiger partial charge in [-0.3, -0.25) is 0 Å². The maximum Gasteiger partial charge on any atom is 0.169 e. The summed E-state index contributed by atoms with van der Waals surface area (Å²) in [5, 5.41) is 21.5. The van der Waals surface area contributed by atoms with E-state index in [1.54, 1.807) is 0 Å². The van der Waals surface area contributed by atoms with Crippen LogP contribution >= 0.6 is 0 Å². The molecule has 0 aromatic carbocycles. The SMILES string of the molecule is CCCN(c1nnc(C)c(C)c1C#N)C1CCCNC1. The minimum Gasteiger partial charge on any atom is -0.350 e. The average Bonchev–Trinajstić information content (AvgIpc) is 2.48. The minimum atomic E-state index is 0.409. The van der Waals surface area contributed by atoms with Gasteiger partial charge >= 0.3 is 0 Å². The van der Waals surface area contributed by atoms with Gasteiger partial charge in [-0.05, 0) is 45.2 Å². The van der Waals surface area contributed by atoms with Crippen molar-refractivity contribution in [2.24, 2.45) is 0 Å². The zero-order chi connectivity index (χ0) is 14.5. The third-order valence-electron chi connectivity index (χ3n) is 4.00. The largest absolute Gasteiger partial charge is 0.350 e. The number of piperidine rings is 1. The molecule has 0 radical (unpaired) electrons. The smallest absolute Gasteiger partial charge is 0.169 e. The van der Waals surface area contributed by atoms with Crippen LogP contribution in [0.4, 0.5) is 5.82 Å². The standard InChI is InChI=1S/C15H23N5/c1-4-8-20(13-6-5-7-17-10-13)15-14(9-16)11(2)12(3)18-19-15/h13,17H,4-8,10H2,1-3H3. The highest BCUT2D eigenvalue weighted by Gasteiger charge is 2.25. The molecule has 2 heterocycles. The molecule has 20 heavy (non-hydrogen) atoms. The highest BCUT2D eigenvalue weighted by atomic mass is 15.3. The summed E-state index contributed by atoms with van der Waals surface area (Å²) in [7, 11) is 0. The molecule has 0 amide bonds. The van der Waals surface area contributed by atoms with Gasteiger partial charge in [-0.1, -0.05) is 6.92 Å². The van der Waals surface area contributed by atoms with Gasteiger partial charge in [-0.2, -0.15) is 10.4 Å². The second-order valence-corrected chi connectivity index (χ2v) is 5.41. The Bertz CT molecular complexity index is 500. The van der Waals surface area contributed by atoms with E-state index < -0.39 is 0 Å². The number of rotatable bonds is 4. The lowest BCUT2D eigenvalue weighted by Gasteiger charge is -2.35. The first-order valence-corrected chi connectivity index (χ1v) is 7.40. The van der Waals surface area contributed by atoms with Crippen molar-refractivity contribution in [3.63, 3.8) is 0 Å². The number of nitriles is 1. The number of nitrogens with zero attached hydrogens (tertiary/aromatic N) is 4. The summed E-state index contributed by atoms with van der Waals surface area (Å²) in [5.41, 5.74) is 2.46. The lowest BCUT2D eigenvalue weighted by Crippen LogP contribution is -2.47. The van der Waals surface area contributed by atoms with Crippen molar-refractivity contribution in [2.45, 2.75) is 46.1 Å². The molecule has 1 fully saturated rings. The van der Waals surface area contributed by atoms with E-state index in [2.05, 4.69) is 33.4 Å². The van der Waals surface area contributed by atoms with Crippen LogP contribution in [0, 0.1) is 25.2 Å². The predicted octanol–water partition coefficient (Wildman–Crippen LogP) is 1.93. The van der Waals surface area contributed by atoms with Crippen molar-refractivity contribution >= 4 is 5.82 Å². The number of aromatic nitrogens is 2. The second kappa shape index (κ2) is 6.67. The average molecular weight is 273 g/mol. The van der Waals surface area contributed by atoms with Gasteiger partial charge in [-0.25, -0.2) is 0 Å². The van der Waals surface area contributed by atoms with Crippen molar-refractivity contribution in [3.8, 4) is 6.07 Å². The molecule has 1 atom stereocenters. The van der Waals surface area contributed by atoms with Crippen LogP contribution < -0.4 is 10.2 Å². The van der Waals surface area contributed by atoms with Crippen LogP contribution in [0.25, 0.3) is 0 Å². The Labute approximate surface area is 121 Å². The van der Waals surface area contributed by atoms with E-state index in [0.29, 0.717) is 11.6 Å². The Morgan fingerprint density at radius 3 is 2.80 bits per heavy atom. The lowest BCUT2D eigenvalue weighted by atomic mass is 10.0. The first-order chi connectivity index (χ1) is 9.69. The maximum atomic E-state index is 9.48. The fourth-order valence-corrected chi connectivity index (χ4v) is 2.73. The van der Waals surface area contributed by atoms with E-state index in [9.17, 15) is 5.26 Å². The molecule has 0 bridgehead atoms. The van der Waals surface area contributed by atoms with E-state index in [0.717, 1.165) is 49.6 Å². The van der Waals surface area contributed by atoms with Gasteiger partial charge in [0.1, 0.15) is 11.6 Å². The monoisotopic (exact) mass is 273 g/mol. The van der Waals surface area contributed by atoms with Gasteiger partial charge in [0.15, 0.2) is 5.82 Å². The van der Waals surface area contributed by atoms with Gasteiger partial charge in [0.05, 0.1) is 5.69 Å². The normalized spacial score (nSPS) is 18.6. The Kier molecular flexibility index (Phi) is 4.91. The Morgan fingerprint density at radius 2 is 2.20 bits per heavy atom. The summed E-state index contributed by atoms with van der Waals surface area (Å²) in [6.07, 6.45) is 3.35. The quantitative estimate of drug-likeness (QED) is 0.908. The lowest BCUT2D eigenvalue weighted by molar-refractivity contribution is 0.428. The van der Waals surface area contributed by atoms with E-state index in [4.69, 9.17) is 0 Å². The summed E-state index contributed by atoms with van der Waals surface area (Å²) < 4.78 is 0. The van der Waals surface area contributed by atoms with Crippen molar-refractivity contribution < 1.29 is 0 Å². The van der Waals surface area contributed by atoms with Crippen LogP contribution in [-0.4, -0.2) is 35.9 Å². The number of anilines is 1. The Morgan fingerprint density at radius 1 is 1.40 bits per heavy atom. The van der Waals surface area contributed by atoms with Crippen LogP contribution in [0.2, 0.25) is 0 Å². The highest BCUT2D eigenvalue weighted by Crippen LogP contribution is 2.25. The maximum absolute atomic E-state index is 9.48. The van der Waals surface area contributed by atoms with Gasteiger partial charge in [0.25, 0.3) is 0 Å². The van der Waals surface area contributed by atoms with Crippen molar-refractivity contribution in [2.75, 3.05) is 24.5 Å². The first-order valence-electron chi connectivity index (χ1n) is 7.40. The number of hydrogen-bond acceptors (Lipinski definition) is 5. The van der Waals surface area contributed by atoms with E-state index in [-0.39, 0.29) is 0 Å². The van der Waals surface area contributed by atoms with E-state index >= 15 is 0 Å². The molecule has 5 heteroatoms. The minimum absolute atomic E-state index is 0.409. The third kappa shape index (κ3) is 2.91. The summed E-state index contributed by atoms with van der Waals surface area (Å²) in [6.45, 7) is 8.97. The van der Waals surface area contributed by atoms with Crippen LogP contribution in [0.1, 0.15) is 43.0 Å². The summed E-state index contributed by atoms with van der Waals surface area (Å²) >= 11 is 0. The number of hydrogen-bond donors (Lipinski definition) is 1. The number of nitrogens with one attached hydrogen (secondary N) is 1. The van der Waals surface area contributed by atoms with Gasteiger partial charge in [0.2, 0.25) is 0 Å². The van der Waals surface area contributed by atoms with Crippen molar-refractivity contribution in [3.05, 3.63) is 16.8 Å². The molecule has 2 rings (SSSR count). The van der Waals surface area contributed by atoms with Crippen molar-refractivity contribution in [1.29, 1.82) is 5.26 Å². The molecule has 5 nitrogen and oxygen atoms in total. The molecule has 0 aliphatic carbocycles. The molecular weight excluding hydrogens is 250 g/mol. The fourth-order valence-electron chi connectivity index (χ4n) is 2.73. The molecule has 1 aliphatic heterocycles. The topological polar surface area (TPSA) is 64.8 Å². The molecular formula is C15H23N5. The zero-order valence-electron chi connectivity index (χ0n) is 12.6. The first kappa shape index (κ1) is 14.7. The Balaban J connectivity index is 2.38. The third-order valence-corrected chi connectivity index (χ3v) is 4.00. The van der Waals surface area contributed by atoms with Crippen LogP contribution in [-0.2, 0) is 0 Å². The molecule has 1 saturated heterocycles. The van der Waals surface area contributed by atoms with E-state index in [1.807, 2.05) is 13.8 Å². The molecule has 1 N–H and O–H groups in total. The molecule has 1 aromatic heterocycles. The number of aryl methyl sites for hydroxylation is 1. The predicted molar refractivity (Wildman–Crippen MR) is 79.7 cm³/mol. The molecule has 1 unspecified atom stereocenters. The molecule has 0 spiro atoms. The van der Waals surface area contributed by atoms with Gasteiger partial charge in [-0.15, -0.1) is 5.10 Å². The van der Waals surface area contributed by atoms with Crippen LogP contribution in [0.3, 0.4) is 0 Å². The molecule has 1 aliphatic rings. The summed E-state index contributed by atoms with van der Waals surface area (Å²) in [5.74, 6) is 0.756. The fraction of sp³-hybridized carbons (Fsp3) is 0.667. The van der Waals surface area contributed by atoms with Crippen molar-refractivity contribution in [1.82, 2.24) is 15.5 Å². The molecule has 108 valence electrons. The van der Waals surface area contributed by atoms with E-state index in [1.165, 1.54) is 6.42 Å². The molecule has 1 aromatic rings. The summed E-state index contributed by atoms with van der Waals surface area (Å²) in [6, 6.07) is 2.73. The van der Waals surface area contributed by atoms with Crippen LogP contribution in [0.15, 0.2) is 0 Å². The van der Waals surface area contributed by atoms with Crippen LogP contribution in [0.5, 0.6) is 0 Å². The Hall–Kier alpha value is -1.67. The van der Waals surface area contributed by atoms with Gasteiger partial charge < -0.3 is 10.2 Å². The highest BCUT2D eigenvalue weighted by molar-refractivity contribution is 5.58. The zero-order valence-corrected chi connectivity index (χ0v) is 12.6. The van der Waals surface area contributed by atoms with Gasteiger partial charge in [0, 0.05) is 19.1 Å². The summed E-state index contributed by atoms with van der Waals surface area (Å²) in [4.78, 5) is 2.27. The second-order valence-electron chi connectivity index (χ2n) is 5.41. The molecule has 0 saturated carbocycles.